The minimum Gasteiger partial charge on any atom is -0.396 e. The average Bonchev–Trinajstić information content (AvgIpc) is 2.40. The number of rotatable bonds is 3. The van der Waals surface area contributed by atoms with Crippen LogP contribution in [0.2, 0.25) is 0 Å². The number of nitriles is 1. The first kappa shape index (κ1) is 13.8. The van der Waals surface area contributed by atoms with Gasteiger partial charge in [0.15, 0.2) is 0 Å². The van der Waals surface area contributed by atoms with Crippen LogP contribution < -0.4 is 0 Å². The first-order valence-corrected chi connectivity index (χ1v) is 7.52. The van der Waals surface area contributed by atoms with Crippen molar-refractivity contribution in [1.82, 2.24) is 4.90 Å². The monoisotopic (exact) mass is 250 g/mol. The van der Waals surface area contributed by atoms with E-state index in [9.17, 15) is 10.4 Å². The van der Waals surface area contributed by atoms with Crippen molar-refractivity contribution in [3.63, 3.8) is 0 Å². The largest absolute Gasteiger partial charge is 0.396 e. The molecule has 0 aromatic rings. The number of likely N-dealkylation sites (tertiary alicyclic amines) is 1. The third-order valence-corrected chi connectivity index (χ3v) is 4.81. The molecule has 0 bridgehead atoms. The Morgan fingerprint density at radius 3 is 2.83 bits per heavy atom. The van der Waals surface area contributed by atoms with Crippen LogP contribution >= 0.6 is 0 Å². The second-order valence-electron chi connectivity index (χ2n) is 6.12. The first-order chi connectivity index (χ1) is 8.76. The zero-order valence-corrected chi connectivity index (χ0v) is 11.5. The Bertz CT molecular complexity index is 297. The molecule has 1 saturated heterocycles. The summed E-state index contributed by atoms with van der Waals surface area (Å²) in [7, 11) is 0. The fourth-order valence-electron chi connectivity index (χ4n) is 3.79. The average molecular weight is 250 g/mol. The van der Waals surface area contributed by atoms with Crippen molar-refractivity contribution in [1.29, 1.82) is 5.26 Å². The van der Waals surface area contributed by atoms with Crippen molar-refractivity contribution in [3.05, 3.63) is 0 Å². The van der Waals surface area contributed by atoms with Crippen molar-refractivity contribution >= 4 is 0 Å². The van der Waals surface area contributed by atoms with Crippen LogP contribution in [-0.4, -0.2) is 35.2 Å². The van der Waals surface area contributed by atoms with E-state index in [1.54, 1.807) is 0 Å². The zero-order chi connectivity index (χ0) is 13.0. The predicted molar refractivity (Wildman–Crippen MR) is 72.0 cm³/mol. The molecular weight excluding hydrogens is 224 g/mol. The van der Waals surface area contributed by atoms with Gasteiger partial charge in [-0.1, -0.05) is 13.3 Å². The maximum absolute atomic E-state index is 9.37. The van der Waals surface area contributed by atoms with Crippen molar-refractivity contribution in [2.75, 3.05) is 13.2 Å². The summed E-state index contributed by atoms with van der Waals surface area (Å²) in [5.74, 6) is 0.955. The van der Waals surface area contributed by atoms with Crippen LogP contribution in [0, 0.1) is 23.2 Å². The summed E-state index contributed by atoms with van der Waals surface area (Å²) < 4.78 is 0. The Morgan fingerprint density at radius 2 is 2.11 bits per heavy atom. The van der Waals surface area contributed by atoms with Crippen LogP contribution in [0.4, 0.5) is 0 Å². The van der Waals surface area contributed by atoms with Gasteiger partial charge in [-0.3, -0.25) is 4.90 Å². The van der Waals surface area contributed by atoms with E-state index in [1.807, 2.05) is 0 Å². The fraction of sp³-hybridized carbons (Fsp3) is 0.933. The van der Waals surface area contributed by atoms with Gasteiger partial charge in [0, 0.05) is 18.7 Å². The van der Waals surface area contributed by atoms with Crippen molar-refractivity contribution in [2.45, 2.75) is 64.0 Å². The maximum Gasteiger partial charge on any atom is 0.0672 e. The SMILES string of the molecule is CC1CCC(C#N)C(N2CCCCC2CCO)C1. The lowest BCUT2D eigenvalue weighted by Gasteiger charge is -2.45. The molecule has 0 aromatic carbocycles. The summed E-state index contributed by atoms with van der Waals surface area (Å²) in [6.45, 7) is 3.71. The molecule has 18 heavy (non-hydrogen) atoms. The van der Waals surface area contributed by atoms with Gasteiger partial charge >= 0.3 is 0 Å². The Kier molecular flexibility index (Phi) is 5.03. The van der Waals surface area contributed by atoms with Gasteiger partial charge < -0.3 is 5.11 Å². The van der Waals surface area contributed by atoms with Crippen molar-refractivity contribution < 1.29 is 5.11 Å². The topological polar surface area (TPSA) is 47.3 Å². The molecule has 4 unspecified atom stereocenters. The molecule has 3 nitrogen and oxygen atoms in total. The van der Waals surface area contributed by atoms with E-state index in [4.69, 9.17) is 0 Å². The van der Waals surface area contributed by atoms with Gasteiger partial charge in [0.25, 0.3) is 0 Å². The Balaban J connectivity index is 2.07. The summed E-state index contributed by atoms with van der Waals surface area (Å²) >= 11 is 0. The number of piperidine rings is 1. The highest BCUT2D eigenvalue weighted by Gasteiger charge is 2.36. The number of hydrogen-bond acceptors (Lipinski definition) is 3. The van der Waals surface area contributed by atoms with E-state index in [0.29, 0.717) is 12.1 Å². The molecule has 4 atom stereocenters. The lowest BCUT2D eigenvalue weighted by Crippen LogP contribution is -2.51. The second-order valence-corrected chi connectivity index (χ2v) is 6.12. The quantitative estimate of drug-likeness (QED) is 0.837. The third kappa shape index (κ3) is 3.05. The van der Waals surface area contributed by atoms with Gasteiger partial charge in [-0.2, -0.15) is 5.26 Å². The van der Waals surface area contributed by atoms with Crippen LogP contribution in [0.3, 0.4) is 0 Å². The molecule has 102 valence electrons. The van der Waals surface area contributed by atoms with Crippen LogP contribution in [0.25, 0.3) is 0 Å². The molecule has 1 aliphatic heterocycles. The van der Waals surface area contributed by atoms with Gasteiger partial charge in [-0.25, -0.2) is 0 Å². The molecular formula is C15H26N2O. The number of hydrogen-bond donors (Lipinski definition) is 1. The summed E-state index contributed by atoms with van der Waals surface area (Å²) in [5.41, 5.74) is 0. The van der Waals surface area contributed by atoms with E-state index in [0.717, 1.165) is 25.3 Å². The zero-order valence-electron chi connectivity index (χ0n) is 11.5. The minimum absolute atomic E-state index is 0.209. The molecule has 2 aliphatic rings. The van der Waals surface area contributed by atoms with Gasteiger partial charge in [0.2, 0.25) is 0 Å². The summed E-state index contributed by atoms with van der Waals surface area (Å²) in [4.78, 5) is 2.56. The smallest absolute Gasteiger partial charge is 0.0672 e. The highest BCUT2D eigenvalue weighted by molar-refractivity contribution is 4.99. The summed E-state index contributed by atoms with van der Waals surface area (Å²) in [6.07, 6.45) is 8.04. The Hall–Kier alpha value is -0.590. The highest BCUT2D eigenvalue weighted by atomic mass is 16.3. The Labute approximate surface area is 111 Å². The van der Waals surface area contributed by atoms with E-state index in [-0.39, 0.29) is 12.5 Å². The second kappa shape index (κ2) is 6.54. The van der Waals surface area contributed by atoms with Gasteiger partial charge in [-0.05, 0) is 51.0 Å². The van der Waals surface area contributed by atoms with Gasteiger partial charge in [0.1, 0.15) is 0 Å². The van der Waals surface area contributed by atoms with Crippen LogP contribution in [0.5, 0.6) is 0 Å². The standard InChI is InChI=1S/C15H26N2O/c1-12-5-6-13(11-16)15(10-12)17-8-3-2-4-14(17)7-9-18/h12-15,18H,2-10H2,1H3. The van der Waals surface area contributed by atoms with E-state index >= 15 is 0 Å². The summed E-state index contributed by atoms with van der Waals surface area (Å²) in [5, 5.41) is 18.6. The van der Waals surface area contributed by atoms with Crippen molar-refractivity contribution in [3.8, 4) is 6.07 Å². The maximum atomic E-state index is 9.37. The fourth-order valence-corrected chi connectivity index (χ4v) is 3.79. The van der Waals surface area contributed by atoms with E-state index < -0.39 is 0 Å². The normalized spacial score (nSPS) is 38.3. The Morgan fingerprint density at radius 1 is 1.28 bits per heavy atom. The highest BCUT2D eigenvalue weighted by Crippen LogP contribution is 2.35. The van der Waals surface area contributed by atoms with Gasteiger partial charge in [-0.15, -0.1) is 0 Å². The number of aliphatic hydroxyl groups excluding tert-OH is 1. The van der Waals surface area contributed by atoms with E-state index in [2.05, 4.69) is 17.9 Å². The molecule has 3 heteroatoms. The molecule has 2 rings (SSSR count). The summed E-state index contributed by atoms with van der Waals surface area (Å²) in [6, 6.07) is 3.48. The van der Waals surface area contributed by atoms with Crippen molar-refractivity contribution in [2.24, 2.45) is 11.8 Å². The minimum atomic E-state index is 0.209. The van der Waals surface area contributed by atoms with E-state index in [1.165, 1.54) is 32.1 Å². The molecule has 1 saturated carbocycles. The van der Waals surface area contributed by atoms with Gasteiger partial charge in [0.05, 0.1) is 12.0 Å². The molecule has 2 fully saturated rings. The molecule has 0 radical (unpaired) electrons. The van der Waals surface area contributed by atoms with Crippen LogP contribution in [0.15, 0.2) is 0 Å². The molecule has 0 spiro atoms. The van der Waals surface area contributed by atoms with Crippen LogP contribution in [0.1, 0.15) is 51.9 Å². The first-order valence-electron chi connectivity index (χ1n) is 7.52. The molecule has 1 N–H and O–H groups in total. The molecule has 1 heterocycles. The number of aliphatic hydroxyl groups is 1. The predicted octanol–water partition coefficient (Wildman–Crippen LogP) is 2.55. The molecule has 0 amide bonds. The lowest BCUT2D eigenvalue weighted by molar-refractivity contribution is 0.0303. The third-order valence-electron chi connectivity index (χ3n) is 4.81. The molecule has 0 aromatic heterocycles. The molecule has 1 aliphatic carbocycles. The van der Waals surface area contributed by atoms with Crippen LogP contribution in [-0.2, 0) is 0 Å². The number of nitrogens with zero attached hydrogens (tertiary/aromatic N) is 2. The lowest BCUT2D eigenvalue weighted by atomic mass is 9.77.